The molecule has 0 bridgehead atoms. The van der Waals surface area contributed by atoms with Crippen LogP contribution in [0.4, 0.5) is 5.69 Å². The monoisotopic (exact) mass is 261 g/mol. The highest BCUT2D eigenvalue weighted by Crippen LogP contribution is 2.16. The number of carbonyl (C=O) groups excluding carboxylic acids is 1. The minimum Gasteiger partial charge on any atom is -0.469 e. The van der Waals surface area contributed by atoms with Crippen LogP contribution in [0.1, 0.15) is 5.56 Å². The number of nitrogens with zero attached hydrogens (tertiary/aromatic N) is 1. The van der Waals surface area contributed by atoms with Gasteiger partial charge in [0.25, 0.3) is 0 Å². The van der Waals surface area contributed by atoms with Crippen molar-refractivity contribution in [1.29, 1.82) is 0 Å². The van der Waals surface area contributed by atoms with Crippen LogP contribution in [0.3, 0.4) is 0 Å². The highest BCUT2D eigenvalue weighted by Gasteiger charge is 2.05. The van der Waals surface area contributed by atoms with E-state index in [2.05, 4.69) is 4.74 Å². The summed E-state index contributed by atoms with van der Waals surface area (Å²) in [5, 5.41) is 0. The van der Waals surface area contributed by atoms with Crippen molar-refractivity contribution in [3.05, 3.63) is 29.8 Å². The molecule has 3 nitrogen and oxygen atoms in total. The Morgan fingerprint density at radius 2 is 1.81 bits per heavy atom. The molecule has 0 aliphatic carbocycles. The second-order valence-electron chi connectivity index (χ2n) is 3.20. The van der Waals surface area contributed by atoms with E-state index in [4.69, 9.17) is 23.2 Å². The van der Waals surface area contributed by atoms with E-state index >= 15 is 0 Å². The number of methoxy groups -OCH3 is 1. The van der Waals surface area contributed by atoms with E-state index in [1.807, 2.05) is 24.3 Å². The molecule has 1 rings (SSSR count). The fourth-order valence-corrected chi connectivity index (χ4v) is 1.76. The quantitative estimate of drug-likeness (QED) is 0.464. The molecule has 0 radical (unpaired) electrons. The van der Waals surface area contributed by atoms with Crippen molar-refractivity contribution in [1.82, 2.24) is 0 Å². The van der Waals surface area contributed by atoms with E-state index in [0.717, 1.165) is 11.3 Å². The molecular weight excluding hydrogens is 249 g/mol. The summed E-state index contributed by atoms with van der Waals surface area (Å²) in [5.74, 6) is -0.251. The highest BCUT2D eigenvalue weighted by atomic mass is 35.5. The fourth-order valence-electron chi connectivity index (χ4n) is 1.23. The van der Waals surface area contributed by atoms with Gasteiger partial charge in [0.15, 0.2) is 0 Å². The summed E-state index contributed by atoms with van der Waals surface area (Å²) >= 11 is 11.4. The second-order valence-corrected chi connectivity index (χ2v) is 3.68. The summed E-state index contributed by atoms with van der Waals surface area (Å²) in [4.78, 5) is 12.8. The van der Waals surface area contributed by atoms with Crippen LogP contribution in [0.5, 0.6) is 0 Å². The summed E-state index contributed by atoms with van der Waals surface area (Å²) in [5.41, 5.74) is 1.83. The Balaban J connectivity index is 2.70. The minimum absolute atomic E-state index is 0.251. The zero-order valence-electron chi connectivity index (χ0n) is 8.95. The molecule has 16 heavy (non-hydrogen) atoms. The molecule has 0 aromatic heterocycles. The first-order valence-corrected chi connectivity index (χ1v) is 5.80. The summed E-state index contributed by atoms with van der Waals surface area (Å²) in [7, 11) is 1.37. The van der Waals surface area contributed by atoms with Crippen molar-refractivity contribution >= 4 is 34.9 Å². The third kappa shape index (κ3) is 3.58. The number of hydrogen-bond acceptors (Lipinski definition) is 3. The van der Waals surface area contributed by atoms with E-state index in [0.29, 0.717) is 12.0 Å². The van der Waals surface area contributed by atoms with Gasteiger partial charge < -0.3 is 9.64 Å². The normalized spacial score (nSPS) is 9.94. The number of hydrogen-bond donors (Lipinski definition) is 0. The molecule has 1 aromatic rings. The van der Waals surface area contributed by atoms with Crippen LogP contribution >= 0.6 is 23.2 Å². The number of rotatable bonds is 5. The van der Waals surface area contributed by atoms with E-state index < -0.39 is 0 Å². The lowest BCUT2D eigenvalue weighted by molar-refractivity contribution is -0.139. The molecule has 0 aliphatic heterocycles. The molecule has 0 amide bonds. The van der Waals surface area contributed by atoms with Crippen LogP contribution in [0.2, 0.25) is 0 Å². The molecule has 88 valence electrons. The smallest absolute Gasteiger partial charge is 0.309 e. The second kappa shape index (κ2) is 6.61. The number of halogens is 2. The number of anilines is 1. The summed E-state index contributed by atoms with van der Waals surface area (Å²) in [6.45, 7) is 0. The van der Waals surface area contributed by atoms with Crippen LogP contribution in [-0.4, -0.2) is 25.1 Å². The van der Waals surface area contributed by atoms with Crippen LogP contribution in [-0.2, 0) is 16.0 Å². The van der Waals surface area contributed by atoms with Gasteiger partial charge in [0.05, 0.1) is 25.5 Å². The van der Waals surface area contributed by atoms with Crippen molar-refractivity contribution in [2.75, 3.05) is 24.0 Å². The van der Waals surface area contributed by atoms with E-state index in [9.17, 15) is 4.79 Å². The summed E-state index contributed by atoms with van der Waals surface area (Å²) in [6.07, 6.45) is 0.276. The zero-order valence-corrected chi connectivity index (χ0v) is 10.5. The minimum atomic E-state index is -0.251. The molecule has 0 unspecified atom stereocenters. The van der Waals surface area contributed by atoms with Crippen LogP contribution < -0.4 is 4.90 Å². The maximum absolute atomic E-state index is 11.0. The number of alkyl halides is 2. The first kappa shape index (κ1) is 13.1. The predicted octanol–water partition coefficient (Wildman–Crippen LogP) is 2.60. The Kier molecular flexibility index (Phi) is 5.43. The largest absolute Gasteiger partial charge is 0.469 e. The summed E-state index contributed by atoms with van der Waals surface area (Å²) in [6, 6.07) is 8.14. The van der Waals surface area contributed by atoms with E-state index in [1.165, 1.54) is 7.11 Å². The number of carbonyl (C=O) groups is 1. The van der Waals surface area contributed by atoms with Gasteiger partial charge in [0.1, 0.15) is 0 Å². The predicted molar refractivity (Wildman–Crippen MR) is 66.1 cm³/mol. The Bertz CT molecular complexity index is 336. The van der Waals surface area contributed by atoms with Gasteiger partial charge in [0.2, 0.25) is 0 Å². The van der Waals surface area contributed by atoms with Gasteiger partial charge in [-0.1, -0.05) is 12.1 Å². The Morgan fingerprint density at radius 1 is 1.25 bits per heavy atom. The SMILES string of the molecule is COC(=O)Cc1ccc(N(CCl)CCl)cc1. The molecule has 0 saturated heterocycles. The lowest BCUT2D eigenvalue weighted by atomic mass is 10.1. The lowest BCUT2D eigenvalue weighted by Crippen LogP contribution is -2.18. The highest BCUT2D eigenvalue weighted by molar-refractivity contribution is 6.22. The maximum Gasteiger partial charge on any atom is 0.309 e. The number of ether oxygens (including phenoxy) is 1. The van der Waals surface area contributed by atoms with Crippen LogP contribution in [0.25, 0.3) is 0 Å². The van der Waals surface area contributed by atoms with Crippen LogP contribution in [0, 0.1) is 0 Å². The maximum atomic E-state index is 11.0. The van der Waals surface area contributed by atoms with Crippen molar-refractivity contribution in [3.63, 3.8) is 0 Å². The Labute approximate surface area is 105 Å². The molecule has 1 aromatic carbocycles. The van der Waals surface area contributed by atoms with Gasteiger partial charge in [-0.3, -0.25) is 4.79 Å². The average Bonchev–Trinajstić information content (AvgIpc) is 2.32. The first-order valence-electron chi connectivity index (χ1n) is 4.74. The van der Waals surface area contributed by atoms with Crippen molar-refractivity contribution < 1.29 is 9.53 Å². The average molecular weight is 262 g/mol. The Hall–Kier alpha value is -0.930. The summed E-state index contributed by atoms with van der Waals surface area (Å²) < 4.78 is 4.58. The third-order valence-electron chi connectivity index (χ3n) is 2.17. The molecule has 0 aliphatic rings. The van der Waals surface area contributed by atoms with Crippen molar-refractivity contribution in [2.24, 2.45) is 0 Å². The zero-order chi connectivity index (χ0) is 12.0. The van der Waals surface area contributed by atoms with E-state index in [-0.39, 0.29) is 12.4 Å². The first-order chi connectivity index (χ1) is 7.71. The number of benzene rings is 1. The van der Waals surface area contributed by atoms with Crippen molar-refractivity contribution in [3.8, 4) is 0 Å². The molecule has 0 N–H and O–H groups in total. The lowest BCUT2D eigenvalue weighted by Gasteiger charge is -2.18. The standard InChI is InChI=1S/C11H13Cl2NO2/c1-16-11(15)6-9-2-4-10(5-3-9)14(7-12)8-13/h2-5H,6-8H2,1H3. The molecule has 0 spiro atoms. The molecule has 0 atom stereocenters. The van der Waals surface area contributed by atoms with Gasteiger partial charge in [0, 0.05) is 5.69 Å². The topological polar surface area (TPSA) is 29.5 Å². The van der Waals surface area contributed by atoms with Gasteiger partial charge in [-0.25, -0.2) is 0 Å². The molecule has 0 fully saturated rings. The molecule has 0 saturated carbocycles. The van der Waals surface area contributed by atoms with Gasteiger partial charge in [-0.2, -0.15) is 0 Å². The fraction of sp³-hybridized carbons (Fsp3) is 0.364. The van der Waals surface area contributed by atoms with Crippen molar-refractivity contribution in [2.45, 2.75) is 6.42 Å². The van der Waals surface area contributed by atoms with Gasteiger partial charge in [-0.15, -0.1) is 23.2 Å². The Morgan fingerprint density at radius 3 is 2.25 bits per heavy atom. The molecular formula is C11H13Cl2NO2. The molecule has 0 heterocycles. The van der Waals surface area contributed by atoms with Gasteiger partial charge in [-0.05, 0) is 17.7 Å². The molecule has 5 heteroatoms. The van der Waals surface area contributed by atoms with Gasteiger partial charge >= 0.3 is 5.97 Å². The van der Waals surface area contributed by atoms with E-state index in [1.54, 1.807) is 4.90 Å². The van der Waals surface area contributed by atoms with Crippen LogP contribution in [0.15, 0.2) is 24.3 Å². The number of esters is 1. The third-order valence-corrected chi connectivity index (χ3v) is 2.74.